The lowest BCUT2D eigenvalue weighted by Gasteiger charge is -2.05. The van der Waals surface area contributed by atoms with Crippen LogP contribution in [0.5, 0.6) is 0 Å². The first kappa shape index (κ1) is 8.26. The van der Waals surface area contributed by atoms with Crippen molar-refractivity contribution in [2.45, 2.75) is 0 Å². The molecule has 0 aliphatic rings. The Hall–Kier alpha value is -0.835. The molecule has 0 saturated heterocycles. The lowest BCUT2D eigenvalue weighted by molar-refractivity contribution is -0.156. The fraction of sp³-hybridized carbons (Fsp3) is 0.143. The predicted octanol–water partition coefficient (Wildman–Crippen LogP) is 0.518. The van der Waals surface area contributed by atoms with Crippen molar-refractivity contribution in [1.82, 2.24) is 0 Å². The highest BCUT2D eigenvalue weighted by molar-refractivity contribution is 6.60. The van der Waals surface area contributed by atoms with Crippen LogP contribution in [-0.4, -0.2) is 19.5 Å². The van der Waals surface area contributed by atoms with Gasteiger partial charge in [0.25, 0.3) is 0 Å². The fourth-order valence-corrected chi connectivity index (χ4v) is 0.850. The van der Waals surface area contributed by atoms with Crippen molar-refractivity contribution in [3.05, 3.63) is 30.3 Å². The molecule has 58 valence electrons. The molecule has 0 aliphatic heterocycles. The summed E-state index contributed by atoms with van der Waals surface area (Å²) in [6.45, 7) is 0. The molecule has 0 aromatic heterocycles. The Labute approximate surface area is 65.6 Å². The Kier molecular flexibility index (Phi) is 3.10. The second-order valence-electron chi connectivity index (χ2n) is 2.08. The molecule has 1 aromatic rings. The first-order valence-corrected chi connectivity index (χ1v) is 3.26. The van der Waals surface area contributed by atoms with Crippen LogP contribution in [0.15, 0.2) is 30.3 Å². The second-order valence-corrected chi connectivity index (χ2v) is 2.08. The third-order valence-electron chi connectivity index (χ3n) is 1.38. The molecule has 1 aromatic carbocycles. The van der Waals surface area contributed by atoms with Crippen LogP contribution in [0, 0.1) is 0 Å². The normalized spacial score (nSPS) is 9.64. The highest BCUT2D eigenvalue weighted by atomic mass is 17.1. The molecule has 3 nitrogen and oxygen atoms in total. The number of hydrogen-bond acceptors (Lipinski definition) is 3. The summed E-state index contributed by atoms with van der Waals surface area (Å²) in [4.78, 5) is 4.06. The maximum atomic E-state index is 8.35. The van der Waals surface area contributed by atoms with Crippen LogP contribution in [0.1, 0.15) is 0 Å². The quantitative estimate of drug-likeness (QED) is 0.389. The minimum Gasteiger partial charge on any atom is -0.409 e. The van der Waals surface area contributed by atoms with E-state index in [1.165, 1.54) is 7.11 Å². The van der Waals surface area contributed by atoms with Crippen LogP contribution in [0.2, 0.25) is 0 Å². The van der Waals surface area contributed by atoms with Crippen LogP contribution in [0.25, 0.3) is 0 Å². The fourth-order valence-electron chi connectivity index (χ4n) is 0.850. The number of hydrogen-bond donors (Lipinski definition) is 1. The molecule has 1 N–H and O–H groups in total. The van der Waals surface area contributed by atoms with E-state index in [4.69, 9.17) is 9.91 Å². The van der Waals surface area contributed by atoms with Crippen molar-refractivity contribution in [2.24, 2.45) is 0 Å². The zero-order valence-corrected chi connectivity index (χ0v) is 6.23. The zero-order chi connectivity index (χ0) is 8.10. The molecule has 0 bridgehead atoms. The van der Waals surface area contributed by atoms with Crippen LogP contribution >= 0.6 is 0 Å². The van der Waals surface area contributed by atoms with E-state index in [2.05, 4.69) is 4.81 Å². The van der Waals surface area contributed by atoms with Crippen molar-refractivity contribution < 1.29 is 14.7 Å². The predicted molar refractivity (Wildman–Crippen MR) is 42.6 cm³/mol. The van der Waals surface area contributed by atoms with Gasteiger partial charge < -0.3 is 4.65 Å². The van der Waals surface area contributed by atoms with E-state index in [9.17, 15) is 0 Å². The van der Waals surface area contributed by atoms with Crippen molar-refractivity contribution >= 4 is 12.6 Å². The molecule has 11 heavy (non-hydrogen) atoms. The first-order chi connectivity index (χ1) is 5.38. The molecule has 0 spiro atoms. The van der Waals surface area contributed by atoms with Crippen LogP contribution in [-0.2, 0) is 9.46 Å². The molecule has 0 aliphatic carbocycles. The molecule has 0 heterocycles. The van der Waals surface area contributed by atoms with E-state index >= 15 is 0 Å². The molecule has 1 rings (SSSR count). The van der Waals surface area contributed by atoms with Gasteiger partial charge in [0.05, 0.1) is 0 Å². The Morgan fingerprint density at radius 1 is 1.27 bits per heavy atom. The lowest BCUT2D eigenvalue weighted by Crippen LogP contribution is -2.34. The minimum absolute atomic E-state index is 0.684. The largest absolute Gasteiger partial charge is 0.525 e. The van der Waals surface area contributed by atoms with Gasteiger partial charge in [-0.1, -0.05) is 30.3 Å². The molecule has 4 heteroatoms. The summed E-state index contributed by atoms with van der Waals surface area (Å²) in [5.74, 6) is 0. The number of benzene rings is 1. The van der Waals surface area contributed by atoms with Crippen molar-refractivity contribution in [3.63, 3.8) is 0 Å². The molecule has 0 amide bonds. The van der Waals surface area contributed by atoms with Gasteiger partial charge in [0.2, 0.25) is 0 Å². The zero-order valence-electron chi connectivity index (χ0n) is 6.23. The van der Waals surface area contributed by atoms with Crippen LogP contribution in [0.4, 0.5) is 0 Å². The minimum atomic E-state index is -0.684. The van der Waals surface area contributed by atoms with Gasteiger partial charge in [0.1, 0.15) is 0 Å². The van der Waals surface area contributed by atoms with Crippen LogP contribution in [0.3, 0.4) is 0 Å². The van der Waals surface area contributed by atoms with Gasteiger partial charge in [-0.2, -0.15) is 0 Å². The second kappa shape index (κ2) is 4.13. The average molecular weight is 152 g/mol. The third-order valence-corrected chi connectivity index (χ3v) is 1.38. The van der Waals surface area contributed by atoms with E-state index in [1.807, 2.05) is 30.3 Å². The molecule has 0 atom stereocenters. The Morgan fingerprint density at radius 2 is 1.91 bits per heavy atom. The van der Waals surface area contributed by atoms with Gasteiger partial charge in [-0.25, -0.2) is 0 Å². The van der Waals surface area contributed by atoms with E-state index in [-0.39, 0.29) is 0 Å². The molecular formula is C7H9BO3. The summed E-state index contributed by atoms with van der Waals surface area (Å²) in [6, 6.07) is 9.20. The average Bonchev–Trinajstić information content (AvgIpc) is 2.09. The van der Waals surface area contributed by atoms with Crippen molar-refractivity contribution in [3.8, 4) is 0 Å². The summed E-state index contributed by atoms with van der Waals surface area (Å²) >= 11 is 0. The van der Waals surface area contributed by atoms with Gasteiger partial charge in [-0.15, -0.1) is 0 Å². The maximum absolute atomic E-state index is 8.35. The molecule has 0 saturated carbocycles. The first-order valence-electron chi connectivity index (χ1n) is 3.26. The van der Waals surface area contributed by atoms with E-state index in [0.717, 1.165) is 5.46 Å². The van der Waals surface area contributed by atoms with Gasteiger partial charge >= 0.3 is 7.12 Å². The Morgan fingerprint density at radius 3 is 2.36 bits per heavy atom. The Bertz CT molecular complexity index is 198. The smallest absolute Gasteiger partial charge is 0.409 e. The highest BCUT2D eigenvalue weighted by Gasteiger charge is 2.18. The van der Waals surface area contributed by atoms with Gasteiger partial charge in [0, 0.05) is 7.11 Å². The van der Waals surface area contributed by atoms with Crippen LogP contribution < -0.4 is 5.46 Å². The number of rotatable bonds is 3. The molecular weight excluding hydrogens is 143 g/mol. The lowest BCUT2D eigenvalue weighted by atomic mass is 9.80. The van der Waals surface area contributed by atoms with Crippen molar-refractivity contribution in [2.75, 3.05) is 7.11 Å². The van der Waals surface area contributed by atoms with E-state index in [0.29, 0.717) is 0 Å². The van der Waals surface area contributed by atoms with E-state index < -0.39 is 7.12 Å². The molecule has 0 fully saturated rings. The molecule has 0 unspecified atom stereocenters. The monoisotopic (exact) mass is 152 g/mol. The topological polar surface area (TPSA) is 38.7 Å². The summed E-state index contributed by atoms with van der Waals surface area (Å²) in [5.41, 5.74) is 0.789. The highest BCUT2D eigenvalue weighted by Crippen LogP contribution is 1.88. The standard InChI is InChI=1S/C7H9BO3/c1-10-8(11-9)7-5-3-2-4-6-7/h2-6,9H,1H3. The summed E-state index contributed by atoms with van der Waals surface area (Å²) in [5, 5.41) is 8.35. The van der Waals surface area contributed by atoms with E-state index in [1.54, 1.807) is 0 Å². The molecule has 0 radical (unpaired) electrons. The Balaban J connectivity index is 2.74. The van der Waals surface area contributed by atoms with Gasteiger partial charge in [-0.05, 0) is 5.46 Å². The van der Waals surface area contributed by atoms with Gasteiger partial charge in [0.15, 0.2) is 0 Å². The third kappa shape index (κ3) is 2.05. The SMILES string of the molecule is COB(OO)c1ccccc1. The summed E-state index contributed by atoms with van der Waals surface area (Å²) in [6.07, 6.45) is 0. The van der Waals surface area contributed by atoms with Gasteiger partial charge in [-0.3, -0.25) is 10.1 Å². The summed E-state index contributed by atoms with van der Waals surface area (Å²) in [7, 11) is 0.782. The maximum Gasteiger partial charge on any atom is 0.525 e. The van der Waals surface area contributed by atoms with Crippen molar-refractivity contribution in [1.29, 1.82) is 0 Å². The summed E-state index contributed by atoms with van der Waals surface area (Å²) < 4.78 is 4.81.